The van der Waals surface area contributed by atoms with Crippen LogP contribution in [0, 0.1) is 0 Å². The average molecular weight is 288 g/mol. The number of rotatable bonds is 8. The molecule has 0 fully saturated rings. The molecule has 1 aromatic carbocycles. The standard InChI is InChI=1S/C13H18ClNO4/c14-11-3-1-2-4-12(11)19-10-5-13(18)15(6-8-16)7-9-17/h1-4,16-17H,5-10H2. The molecule has 0 saturated carbocycles. The van der Waals surface area contributed by atoms with Gasteiger partial charge in [0.15, 0.2) is 0 Å². The van der Waals surface area contributed by atoms with Gasteiger partial charge >= 0.3 is 0 Å². The average Bonchev–Trinajstić information content (AvgIpc) is 2.40. The molecule has 6 heteroatoms. The molecule has 0 aliphatic heterocycles. The van der Waals surface area contributed by atoms with Crippen molar-refractivity contribution in [3.05, 3.63) is 29.3 Å². The molecular weight excluding hydrogens is 270 g/mol. The molecule has 0 aliphatic rings. The molecule has 1 aromatic rings. The Hall–Kier alpha value is -1.30. The summed E-state index contributed by atoms with van der Waals surface area (Å²) in [7, 11) is 0. The summed E-state index contributed by atoms with van der Waals surface area (Å²) in [6.07, 6.45) is 0.172. The Bertz CT molecular complexity index is 394. The maximum absolute atomic E-state index is 11.8. The predicted octanol–water partition coefficient (Wildman–Crippen LogP) is 0.922. The lowest BCUT2D eigenvalue weighted by atomic mass is 10.3. The quantitative estimate of drug-likeness (QED) is 0.746. The van der Waals surface area contributed by atoms with Crippen LogP contribution >= 0.6 is 11.6 Å². The van der Waals surface area contributed by atoms with Gasteiger partial charge in [0.25, 0.3) is 0 Å². The summed E-state index contributed by atoms with van der Waals surface area (Å²) in [4.78, 5) is 13.2. The molecule has 5 nitrogen and oxygen atoms in total. The molecule has 19 heavy (non-hydrogen) atoms. The van der Waals surface area contributed by atoms with Crippen LogP contribution in [0.4, 0.5) is 0 Å². The van der Waals surface area contributed by atoms with E-state index in [0.29, 0.717) is 10.8 Å². The first kappa shape index (κ1) is 15.8. The molecule has 0 spiro atoms. The second-order valence-electron chi connectivity index (χ2n) is 3.86. The summed E-state index contributed by atoms with van der Waals surface area (Å²) in [6, 6.07) is 7.03. The van der Waals surface area contributed by atoms with Gasteiger partial charge in [-0.2, -0.15) is 0 Å². The monoisotopic (exact) mass is 287 g/mol. The molecule has 0 bridgehead atoms. The first-order valence-electron chi connectivity index (χ1n) is 6.06. The van der Waals surface area contributed by atoms with Crippen molar-refractivity contribution in [2.45, 2.75) is 6.42 Å². The third-order valence-corrected chi connectivity index (χ3v) is 2.81. The molecule has 0 aliphatic carbocycles. The fraction of sp³-hybridized carbons (Fsp3) is 0.462. The van der Waals surface area contributed by atoms with E-state index in [1.54, 1.807) is 24.3 Å². The highest BCUT2D eigenvalue weighted by Gasteiger charge is 2.12. The van der Waals surface area contributed by atoms with E-state index in [4.69, 9.17) is 26.6 Å². The Morgan fingerprint density at radius 3 is 2.42 bits per heavy atom. The summed E-state index contributed by atoms with van der Waals surface area (Å²) in [5.41, 5.74) is 0. The molecule has 0 heterocycles. The summed E-state index contributed by atoms with van der Waals surface area (Å²) in [5.74, 6) is 0.364. The number of hydrogen-bond acceptors (Lipinski definition) is 4. The highest BCUT2D eigenvalue weighted by Crippen LogP contribution is 2.23. The van der Waals surface area contributed by atoms with Crippen LogP contribution in [-0.4, -0.2) is 53.9 Å². The minimum atomic E-state index is -0.171. The molecule has 0 aromatic heterocycles. The first-order chi connectivity index (χ1) is 9.19. The van der Waals surface area contributed by atoms with Gasteiger partial charge < -0.3 is 19.8 Å². The molecule has 0 unspecified atom stereocenters. The van der Waals surface area contributed by atoms with Crippen LogP contribution < -0.4 is 4.74 Å². The van der Waals surface area contributed by atoms with Gasteiger partial charge in [0.2, 0.25) is 5.91 Å². The summed E-state index contributed by atoms with van der Waals surface area (Å²) in [5, 5.41) is 18.2. The minimum Gasteiger partial charge on any atom is -0.491 e. The minimum absolute atomic E-state index is 0.128. The van der Waals surface area contributed by atoms with Crippen LogP contribution in [0.3, 0.4) is 0 Å². The smallest absolute Gasteiger partial charge is 0.226 e. The number of aliphatic hydroxyl groups is 2. The number of hydrogen-bond donors (Lipinski definition) is 2. The number of halogens is 1. The van der Waals surface area contributed by atoms with Crippen molar-refractivity contribution in [3.63, 3.8) is 0 Å². The van der Waals surface area contributed by atoms with Crippen molar-refractivity contribution in [2.24, 2.45) is 0 Å². The SMILES string of the molecule is O=C(CCOc1ccccc1Cl)N(CCO)CCO. The zero-order valence-electron chi connectivity index (χ0n) is 10.6. The van der Waals surface area contributed by atoms with Gasteiger partial charge in [-0.25, -0.2) is 0 Å². The number of benzene rings is 1. The van der Waals surface area contributed by atoms with Crippen LogP contribution in [0.1, 0.15) is 6.42 Å². The summed E-state index contributed by atoms with van der Waals surface area (Å²) >= 11 is 5.92. The van der Waals surface area contributed by atoms with E-state index in [1.807, 2.05) is 0 Å². The Kier molecular flexibility index (Phi) is 7.25. The molecular formula is C13H18ClNO4. The number of aliphatic hydroxyl groups excluding tert-OH is 2. The van der Waals surface area contributed by atoms with E-state index >= 15 is 0 Å². The fourth-order valence-electron chi connectivity index (χ4n) is 1.57. The third-order valence-electron chi connectivity index (χ3n) is 2.50. The van der Waals surface area contributed by atoms with Gasteiger partial charge in [-0.15, -0.1) is 0 Å². The van der Waals surface area contributed by atoms with Crippen molar-refractivity contribution >= 4 is 17.5 Å². The Labute approximate surface area is 117 Å². The van der Waals surface area contributed by atoms with Crippen molar-refractivity contribution in [1.29, 1.82) is 0 Å². The zero-order valence-corrected chi connectivity index (χ0v) is 11.3. The lowest BCUT2D eigenvalue weighted by Gasteiger charge is -2.20. The van der Waals surface area contributed by atoms with Gasteiger partial charge in [0.1, 0.15) is 5.75 Å². The first-order valence-corrected chi connectivity index (χ1v) is 6.43. The van der Waals surface area contributed by atoms with Crippen molar-refractivity contribution < 1.29 is 19.7 Å². The molecule has 0 atom stereocenters. The summed E-state index contributed by atoms with van der Waals surface area (Å²) < 4.78 is 5.41. The predicted molar refractivity (Wildman–Crippen MR) is 72.3 cm³/mol. The molecule has 1 amide bonds. The topological polar surface area (TPSA) is 70.0 Å². The second-order valence-corrected chi connectivity index (χ2v) is 4.26. The number of carbonyl (C=O) groups is 1. The highest BCUT2D eigenvalue weighted by atomic mass is 35.5. The molecule has 2 N–H and O–H groups in total. The molecule has 0 saturated heterocycles. The maximum Gasteiger partial charge on any atom is 0.226 e. The van der Waals surface area contributed by atoms with E-state index in [9.17, 15) is 4.79 Å². The number of para-hydroxylation sites is 1. The second kappa shape index (κ2) is 8.74. The number of ether oxygens (including phenoxy) is 1. The lowest BCUT2D eigenvalue weighted by molar-refractivity contribution is -0.132. The van der Waals surface area contributed by atoms with E-state index in [1.165, 1.54) is 4.90 Å². The largest absolute Gasteiger partial charge is 0.491 e. The highest BCUT2D eigenvalue weighted by molar-refractivity contribution is 6.32. The number of amides is 1. The number of nitrogens with zero attached hydrogens (tertiary/aromatic N) is 1. The molecule has 106 valence electrons. The molecule has 0 radical (unpaired) electrons. The van der Waals surface area contributed by atoms with Crippen LogP contribution in [-0.2, 0) is 4.79 Å². The van der Waals surface area contributed by atoms with E-state index in [2.05, 4.69) is 0 Å². The van der Waals surface area contributed by atoms with Gasteiger partial charge in [-0.1, -0.05) is 23.7 Å². The normalized spacial score (nSPS) is 10.3. The van der Waals surface area contributed by atoms with Gasteiger partial charge in [-0.3, -0.25) is 4.79 Å². The Balaban J connectivity index is 2.39. The van der Waals surface area contributed by atoms with Gasteiger partial charge in [-0.05, 0) is 12.1 Å². The van der Waals surface area contributed by atoms with E-state index < -0.39 is 0 Å². The van der Waals surface area contributed by atoms with Gasteiger partial charge in [0.05, 0.1) is 31.3 Å². The van der Waals surface area contributed by atoms with Crippen LogP contribution in [0.2, 0.25) is 5.02 Å². The summed E-state index contributed by atoms with van der Waals surface area (Å²) in [6.45, 7) is 0.376. The van der Waals surface area contributed by atoms with Crippen LogP contribution in [0.5, 0.6) is 5.75 Å². The van der Waals surface area contributed by atoms with Crippen molar-refractivity contribution in [2.75, 3.05) is 32.9 Å². The third kappa shape index (κ3) is 5.46. The van der Waals surface area contributed by atoms with Crippen LogP contribution in [0.25, 0.3) is 0 Å². The number of carbonyl (C=O) groups excluding carboxylic acids is 1. The van der Waals surface area contributed by atoms with Gasteiger partial charge in [0, 0.05) is 13.1 Å². The zero-order chi connectivity index (χ0) is 14.1. The van der Waals surface area contributed by atoms with Crippen molar-refractivity contribution in [1.82, 2.24) is 4.90 Å². The Morgan fingerprint density at radius 2 is 1.84 bits per heavy atom. The fourth-order valence-corrected chi connectivity index (χ4v) is 1.76. The Morgan fingerprint density at radius 1 is 1.21 bits per heavy atom. The van der Waals surface area contributed by atoms with E-state index in [-0.39, 0.29) is 45.2 Å². The lowest BCUT2D eigenvalue weighted by Crippen LogP contribution is -2.36. The van der Waals surface area contributed by atoms with E-state index in [0.717, 1.165) is 0 Å². The van der Waals surface area contributed by atoms with Crippen molar-refractivity contribution in [3.8, 4) is 5.75 Å². The molecule has 1 rings (SSSR count). The maximum atomic E-state index is 11.8. The van der Waals surface area contributed by atoms with Crippen LogP contribution in [0.15, 0.2) is 24.3 Å².